The zero-order valence-corrected chi connectivity index (χ0v) is 10.6. The molecule has 8 heteroatoms. The molecule has 0 saturated carbocycles. The highest BCUT2D eigenvalue weighted by atomic mass is 32.2. The lowest BCUT2D eigenvalue weighted by atomic mass is 9.99. The van der Waals surface area contributed by atoms with Crippen LogP contribution in [0.1, 0.15) is 20.3 Å². The van der Waals surface area contributed by atoms with E-state index in [-0.39, 0.29) is 5.75 Å². The Balaban J connectivity index is 5.26. The summed E-state index contributed by atoms with van der Waals surface area (Å²) in [5.74, 6) is -10.7. The van der Waals surface area contributed by atoms with E-state index in [1.165, 1.54) is 0 Å². The summed E-state index contributed by atoms with van der Waals surface area (Å²) in [6.07, 6.45) is -6.10. The van der Waals surface area contributed by atoms with E-state index in [1.54, 1.807) is 6.92 Å². The van der Waals surface area contributed by atoms with Gasteiger partial charge in [0.2, 0.25) is 0 Å². The Bertz CT molecular complexity index is 293. The molecule has 0 aromatic carbocycles. The highest BCUT2D eigenvalue weighted by Crippen LogP contribution is 2.50. The van der Waals surface area contributed by atoms with Crippen LogP contribution in [0.5, 0.6) is 0 Å². The van der Waals surface area contributed by atoms with Crippen LogP contribution in [-0.2, 0) is 0 Å². The molecule has 18 heavy (non-hydrogen) atoms. The number of hydrogen-bond donors (Lipinski definition) is 0. The molecule has 0 aromatic rings. The Kier molecular flexibility index (Phi) is 6.03. The average Bonchev–Trinajstić information content (AvgIpc) is 2.22. The molecule has 0 aromatic heterocycles. The van der Waals surface area contributed by atoms with Crippen LogP contribution in [0.2, 0.25) is 0 Å². The van der Waals surface area contributed by atoms with Crippen LogP contribution in [-0.4, -0.2) is 29.5 Å². The van der Waals surface area contributed by atoms with Gasteiger partial charge in [-0.3, -0.25) is 0 Å². The largest absolute Gasteiger partial charge is 0.460 e. The van der Waals surface area contributed by atoms with Gasteiger partial charge in [0.05, 0.1) is 0 Å². The molecule has 0 bridgehead atoms. The average molecular weight is 298 g/mol. The van der Waals surface area contributed by atoms with Crippen molar-refractivity contribution in [1.82, 2.24) is 0 Å². The van der Waals surface area contributed by atoms with Gasteiger partial charge in [0, 0.05) is 11.3 Å². The fourth-order valence-corrected chi connectivity index (χ4v) is 1.71. The number of alkyl halides is 7. The molecular formula is C10H13F7S. The Hall–Kier alpha value is -0.400. The van der Waals surface area contributed by atoms with Gasteiger partial charge in [0.1, 0.15) is 0 Å². The first-order chi connectivity index (χ1) is 8.02. The molecule has 0 nitrogen and oxygen atoms in total. The van der Waals surface area contributed by atoms with Crippen molar-refractivity contribution in [3.63, 3.8) is 0 Å². The van der Waals surface area contributed by atoms with Gasteiger partial charge < -0.3 is 0 Å². The third-order valence-electron chi connectivity index (χ3n) is 2.19. The van der Waals surface area contributed by atoms with Gasteiger partial charge in [-0.15, -0.1) is 0 Å². The second kappa shape index (κ2) is 6.16. The molecule has 0 saturated heterocycles. The summed E-state index contributed by atoms with van der Waals surface area (Å²) in [7, 11) is 0. The summed E-state index contributed by atoms with van der Waals surface area (Å²) in [4.78, 5) is 0. The molecule has 108 valence electrons. The molecule has 0 aliphatic rings. The minimum Gasteiger partial charge on any atom is -0.194 e. The topological polar surface area (TPSA) is 0 Å². The van der Waals surface area contributed by atoms with E-state index in [1.807, 2.05) is 0 Å². The van der Waals surface area contributed by atoms with Crippen LogP contribution in [0.25, 0.3) is 0 Å². The minimum absolute atomic E-state index is 0.0246. The molecular weight excluding hydrogens is 285 g/mol. The van der Waals surface area contributed by atoms with Gasteiger partial charge in [-0.1, -0.05) is 19.9 Å². The summed E-state index contributed by atoms with van der Waals surface area (Å²) in [5.41, 5.74) is -1.19. The third-order valence-corrected chi connectivity index (χ3v) is 3.00. The summed E-state index contributed by atoms with van der Waals surface area (Å²) < 4.78 is 87.8. The molecule has 0 atom stereocenters. The molecule has 0 fully saturated rings. The maximum atomic E-state index is 13.2. The Morgan fingerprint density at radius 2 is 1.50 bits per heavy atom. The van der Waals surface area contributed by atoms with Crippen LogP contribution in [0, 0.1) is 0 Å². The van der Waals surface area contributed by atoms with E-state index >= 15 is 0 Å². The van der Waals surface area contributed by atoms with Crippen molar-refractivity contribution >= 4 is 11.8 Å². The molecule has 0 N–H and O–H groups in total. The summed E-state index contributed by atoms with van der Waals surface area (Å²) in [6.45, 7) is 2.83. The quantitative estimate of drug-likeness (QED) is 0.381. The minimum atomic E-state index is -6.28. The molecule has 0 radical (unpaired) electrons. The molecule has 0 amide bonds. The van der Waals surface area contributed by atoms with Gasteiger partial charge in [0.15, 0.2) is 0 Å². The SMILES string of the molecule is CCSC/C=C(\CC)C(F)(F)C(F)(F)C(F)(F)F. The number of rotatable bonds is 6. The monoisotopic (exact) mass is 298 g/mol. The van der Waals surface area contributed by atoms with Crippen molar-refractivity contribution in [1.29, 1.82) is 0 Å². The Morgan fingerprint density at radius 3 is 1.83 bits per heavy atom. The first-order valence-corrected chi connectivity index (χ1v) is 6.27. The first-order valence-electron chi connectivity index (χ1n) is 5.11. The third kappa shape index (κ3) is 3.55. The van der Waals surface area contributed by atoms with E-state index in [0.29, 0.717) is 5.75 Å². The lowest BCUT2D eigenvalue weighted by Crippen LogP contribution is -2.52. The standard InChI is InChI=1S/C10H13F7S/c1-3-7(5-6-18-4-2)8(11,12)9(13,14)10(15,16)17/h5H,3-4,6H2,1-2H3/b7-5+. The van der Waals surface area contributed by atoms with Gasteiger partial charge >= 0.3 is 18.0 Å². The van der Waals surface area contributed by atoms with E-state index < -0.39 is 30.0 Å². The van der Waals surface area contributed by atoms with E-state index in [4.69, 9.17) is 0 Å². The van der Waals surface area contributed by atoms with Crippen LogP contribution in [0.15, 0.2) is 11.6 Å². The molecule has 0 aliphatic carbocycles. The molecule has 0 unspecified atom stereocenters. The second-order valence-electron chi connectivity index (χ2n) is 3.39. The van der Waals surface area contributed by atoms with Crippen LogP contribution >= 0.6 is 11.8 Å². The number of hydrogen-bond acceptors (Lipinski definition) is 1. The predicted octanol–water partition coefficient (Wildman–Crippen LogP) is 4.91. The maximum absolute atomic E-state index is 13.2. The van der Waals surface area contributed by atoms with E-state index in [0.717, 1.165) is 24.8 Å². The smallest absolute Gasteiger partial charge is 0.194 e. The van der Waals surface area contributed by atoms with Crippen molar-refractivity contribution < 1.29 is 30.7 Å². The normalized spacial score (nSPS) is 15.1. The summed E-state index contributed by atoms with van der Waals surface area (Å²) >= 11 is 1.15. The molecule has 0 aliphatic heterocycles. The van der Waals surface area contributed by atoms with Crippen LogP contribution < -0.4 is 0 Å². The lowest BCUT2D eigenvalue weighted by Gasteiger charge is -2.29. The van der Waals surface area contributed by atoms with Crippen LogP contribution in [0.4, 0.5) is 30.7 Å². The highest BCUT2D eigenvalue weighted by molar-refractivity contribution is 7.99. The van der Waals surface area contributed by atoms with E-state index in [2.05, 4.69) is 0 Å². The first kappa shape index (κ1) is 17.6. The highest BCUT2D eigenvalue weighted by Gasteiger charge is 2.73. The summed E-state index contributed by atoms with van der Waals surface area (Å²) in [6, 6.07) is 0. The van der Waals surface area contributed by atoms with E-state index in [9.17, 15) is 30.7 Å². The molecule has 0 spiro atoms. The second-order valence-corrected chi connectivity index (χ2v) is 4.71. The molecule has 0 heterocycles. The predicted molar refractivity (Wildman–Crippen MR) is 57.3 cm³/mol. The number of thioether (sulfide) groups is 1. The zero-order valence-electron chi connectivity index (χ0n) is 9.75. The van der Waals surface area contributed by atoms with Gasteiger partial charge in [-0.2, -0.15) is 42.5 Å². The van der Waals surface area contributed by atoms with Gasteiger partial charge in [-0.05, 0) is 12.2 Å². The fraction of sp³-hybridized carbons (Fsp3) is 0.800. The van der Waals surface area contributed by atoms with Gasteiger partial charge in [-0.25, -0.2) is 0 Å². The zero-order chi connectivity index (χ0) is 14.6. The van der Waals surface area contributed by atoms with Crippen LogP contribution in [0.3, 0.4) is 0 Å². The number of halogens is 7. The Morgan fingerprint density at radius 1 is 1.00 bits per heavy atom. The van der Waals surface area contributed by atoms with Crippen molar-refractivity contribution in [2.45, 2.75) is 38.3 Å². The van der Waals surface area contributed by atoms with Crippen molar-refractivity contribution in [2.75, 3.05) is 11.5 Å². The summed E-state index contributed by atoms with van der Waals surface area (Å²) in [5, 5.41) is 0. The molecule has 0 rings (SSSR count). The lowest BCUT2D eigenvalue weighted by molar-refractivity contribution is -0.344. The maximum Gasteiger partial charge on any atom is 0.460 e. The van der Waals surface area contributed by atoms with Gasteiger partial charge in [0.25, 0.3) is 0 Å². The fourth-order valence-electron chi connectivity index (χ4n) is 1.15. The van der Waals surface area contributed by atoms with Crippen molar-refractivity contribution in [3.05, 3.63) is 11.6 Å². The van der Waals surface area contributed by atoms with Crippen molar-refractivity contribution in [2.24, 2.45) is 0 Å². The Labute approximate surface area is 105 Å². The van der Waals surface area contributed by atoms with Crippen molar-refractivity contribution in [3.8, 4) is 0 Å². The number of allylic oxidation sites excluding steroid dienone is 1.